The first-order valence-electron chi connectivity index (χ1n) is 5.78. The van der Waals surface area contributed by atoms with Gasteiger partial charge < -0.3 is 0 Å². The molecule has 0 amide bonds. The van der Waals surface area contributed by atoms with E-state index < -0.39 is 5.92 Å². The maximum absolute atomic E-state index is 11.8. The molecule has 1 aliphatic rings. The van der Waals surface area contributed by atoms with Crippen molar-refractivity contribution in [1.29, 1.82) is 0 Å². The Morgan fingerprint density at radius 2 is 1.94 bits per heavy atom. The summed E-state index contributed by atoms with van der Waals surface area (Å²) >= 11 is 0. The molecule has 0 aliphatic heterocycles. The van der Waals surface area contributed by atoms with E-state index in [2.05, 4.69) is 0 Å². The summed E-state index contributed by atoms with van der Waals surface area (Å²) in [5, 5.41) is 0. The molecule has 16 heavy (non-hydrogen) atoms. The van der Waals surface area contributed by atoms with Gasteiger partial charge in [0.2, 0.25) is 0 Å². The zero-order valence-electron chi connectivity index (χ0n) is 9.48. The normalized spacial score (nSPS) is 25.4. The van der Waals surface area contributed by atoms with Crippen molar-refractivity contribution < 1.29 is 9.59 Å². The Morgan fingerprint density at radius 3 is 2.56 bits per heavy atom. The molecule has 0 radical (unpaired) electrons. The third kappa shape index (κ3) is 2.06. The lowest BCUT2D eigenvalue weighted by molar-refractivity contribution is -0.134. The average Bonchev–Trinajstić information content (AvgIpc) is 2.29. The molecule has 1 aromatic rings. The quantitative estimate of drug-likeness (QED) is 0.712. The Morgan fingerprint density at radius 1 is 1.25 bits per heavy atom. The summed E-state index contributed by atoms with van der Waals surface area (Å²) in [6.07, 6.45) is 2.41. The van der Waals surface area contributed by atoms with Crippen LogP contribution in [0, 0.1) is 5.92 Å². The molecule has 2 atom stereocenters. The molecule has 0 saturated heterocycles. The van der Waals surface area contributed by atoms with E-state index in [1.54, 1.807) is 0 Å². The smallest absolute Gasteiger partial charge is 0.143 e. The monoisotopic (exact) mass is 216 g/mol. The fourth-order valence-electron chi connectivity index (χ4n) is 2.61. The van der Waals surface area contributed by atoms with Gasteiger partial charge in [0, 0.05) is 12.3 Å². The second kappa shape index (κ2) is 4.60. The first-order valence-corrected chi connectivity index (χ1v) is 5.78. The Bertz CT molecular complexity index is 394. The number of Topliss-reactive ketones (excluding diaryl/α,β-unsaturated/α-hetero) is 2. The molecule has 2 heteroatoms. The number of benzene rings is 1. The molecule has 2 nitrogen and oxygen atoms in total. The van der Waals surface area contributed by atoms with Crippen LogP contribution in [0.1, 0.15) is 37.7 Å². The highest BCUT2D eigenvalue weighted by molar-refractivity contribution is 6.02. The van der Waals surface area contributed by atoms with Crippen LogP contribution >= 0.6 is 0 Å². The highest BCUT2D eigenvalue weighted by Crippen LogP contribution is 2.36. The first-order chi connectivity index (χ1) is 7.70. The van der Waals surface area contributed by atoms with E-state index in [0.717, 1.165) is 18.4 Å². The van der Waals surface area contributed by atoms with Crippen LogP contribution in [0.5, 0.6) is 0 Å². The molecule has 2 unspecified atom stereocenters. The van der Waals surface area contributed by atoms with Crippen molar-refractivity contribution in [3.8, 4) is 0 Å². The van der Waals surface area contributed by atoms with Gasteiger partial charge in [0.05, 0.1) is 5.92 Å². The van der Waals surface area contributed by atoms with Crippen LogP contribution in [0.3, 0.4) is 0 Å². The van der Waals surface area contributed by atoms with Crippen molar-refractivity contribution in [3.63, 3.8) is 0 Å². The highest BCUT2D eigenvalue weighted by Gasteiger charge is 2.35. The number of carbonyl (C=O) groups excluding carboxylic acids is 2. The van der Waals surface area contributed by atoms with Gasteiger partial charge in [-0.3, -0.25) is 9.59 Å². The molecule has 0 aromatic heterocycles. The van der Waals surface area contributed by atoms with Crippen molar-refractivity contribution in [3.05, 3.63) is 35.9 Å². The minimum absolute atomic E-state index is 0.0125. The SMILES string of the molecule is CC(=O)C1C(=O)CCCC1c1ccccc1. The van der Waals surface area contributed by atoms with Gasteiger partial charge >= 0.3 is 0 Å². The van der Waals surface area contributed by atoms with E-state index in [9.17, 15) is 9.59 Å². The Balaban J connectivity index is 2.31. The van der Waals surface area contributed by atoms with Crippen LogP contribution in [0.4, 0.5) is 0 Å². The summed E-state index contributed by atoms with van der Waals surface area (Å²) in [5.74, 6) is -0.178. The van der Waals surface area contributed by atoms with Gasteiger partial charge in [-0.25, -0.2) is 0 Å². The van der Waals surface area contributed by atoms with Crippen molar-refractivity contribution in [1.82, 2.24) is 0 Å². The zero-order valence-corrected chi connectivity index (χ0v) is 9.48. The van der Waals surface area contributed by atoms with Gasteiger partial charge in [-0.2, -0.15) is 0 Å². The summed E-state index contributed by atoms with van der Waals surface area (Å²) in [5.41, 5.74) is 1.12. The lowest BCUT2D eigenvalue weighted by Crippen LogP contribution is -2.32. The maximum atomic E-state index is 11.8. The number of hydrogen-bond acceptors (Lipinski definition) is 2. The van der Waals surface area contributed by atoms with Gasteiger partial charge in [-0.05, 0) is 25.3 Å². The largest absolute Gasteiger partial charge is 0.299 e. The molecule has 0 bridgehead atoms. The van der Waals surface area contributed by atoms with Crippen molar-refractivity contribution in [2.24, 2.45) is 5.92 Å². The molecule has 1 aliphatic carbocycles. The van der Waals surface area contributed by atoms with Crippen LogP contribution in [-0.2, 0) is 9.59 Å². The Kier molecular flexibility index (Phi) is 3.18. The van der Waals surface area contributed by atoms with E-state index in [1.165, 1.54) is 6.92 Å². The lowest BCUT2D eigenvalue weighted by Gasteiger charge is -2.28. The standard InChI is InChI=1S/C14H16O2/c1-10(15)14-12(8-5-9-13(14)16)11-6-3-2-4-7-11/h2-4,6-7,12,14H,5,8-9H2,1H3. The van der Waals surface area contributed by atoms with Crippen molar-refractivity contribution in [2.45, 2.75) is 32.1 Å². The Labute approximate surface area is 95.7 Å². The minimum Gasteiger partial charge on any atom is -0.299 e. The van der Waals surface area contributed by atoms with E-state index >= 15 is 0 Å². The Hall–Kier alpha value is -1.44. The molecule has 1 fully saturated rings. The van der Waals surface area contributed by atoms with Crippen LogP contribution in [0.2, 0.25) is 0 Å². The van der Waals surface area contributed by atoms with Gasteiger partial charge in [-0.15, -0.1) is 0 Å². The fraction of sp³-hybridized carbons (Fsp3) is 0.429. The van der Waals surface area contributed by atoms with Gasteiger partial charge in [0.25, 0.3) is 0 Å². The summed E-state index contributed by atoms with van der Waals surface area (Å²) in [6, 6.07) is 9.91. The molecular weight excluding hydrogens is 200 g/mol. The average molecular weight is 216 g/mol. The van der Waals surface area contributed by atoms with Crippen LogP contribution in [0.25, 0.3) is 0 Å². The molecule has 84 valence electrons. The summed E-state index contributed by atoms with van der Waals surface area (Å²) in [7, 11) is 0. The molecule has 0 N–H and O–H groups in total. The number of ketones is 2. The number of carbonyl (C=O) groups is 2. The third-order valence-electron chi connectivity index (χ3n) is 3.35. The summed E-state index contributed by atoms with van der Waals surface area (Å²) in [4.78, 5) is 23.4. The van der Waals surface area contributed by atoms with Gasteiger partial charge in [0.1, 0.15) is 11.6 Å². The second-order valence-corrected chi connectivity index (χ2v) is 4.46. The highest BCUT2D eigenvalue weighted by atomic mass is 16.1. The molecule has 1 aromatic carbocycles. The third-order valence-corrected chi connectivity index (χ3v) is 3.35. The van der Waals surface area contributed by atoms with E-state index in [1.807, 2.05) is 30.3 Å². The van der Waals surface area contributed by atoms with Crippen molar-refractivity contribution >= 4 is 11.6 Å². The molecule has 0 heterocycles. The minimum atomic E-state index is -0.406. The van der Waals surface area contributed by atoms with Gasteiger partial charge in [0.15, 0.2) is 0 Å². The first kappa shape index (κ1) is 11.1. The van der Waals surface area contributed by atoms with Crippen LogP contribution in [-0.4, -0.2) is 11.6 Å². The topological polar surface area (TPSA) is 34.1 Å². The number of rotatable bonds is 2. The van der Waals surface area contributed by atoms with Gasteiger partial charge in [-0.1, -0.05) is 30.3 Å². The fourth-order valence-corrected chi connectivity index (χ4v) is 2.61. The maximum Gasteiger partial charge on any atom is 0.143 e. The van der Waals surface area contributed by atoms with Crippen LogP contribution in [0.15, 0.2) is 30.3 Å². The molecule has 0 spiro atoms. The molecule has 1 saturated carbocycles. The number of hydrogen-bond donors (Lipinski definition) is 0. The van der Waals surface area contributed by atoms with E-state index in [0.29, 0.717) is 6.42 Å². The predicted molar refractivity (Wildman–Crippen MR) is 62.2 cm³/mol. The summed E-state index contributed by atoms with van der Waals surface area (Å²) < 4.78 is 0. The van der Waals surface area contributed by atoms with Crippen molar-refractivity contribution in [2.75, 3.05) is 0 Å². The summed E-state index contributed by atoms with van der Waals surface area (Å²) in [6.45, 7) is 1.53. The lowest BCUT2D eigenvalue weighted by atomic mass is 9.73. The van der Waals surface area contributed by atoms with Crippen LogP contribution < -0.4 is 0 Å². The molecule has 2 rings (SSSR count). The zero-order chi connectivity index (χ0) is 11.5. The van der Waals surface area contributed by atoms with E-state index in [-0.39, 0.29) is 17.5 Å². The second-order valence-electron chi connectivity index (χ2n) is 4.46. The molecular formula is C14H16O2. The van der Waals surface area contributed by atoms with E-state index in [4.69, 9.17) is 0 Å². The predicted octanol–water partition coefficient (Wildman–Crippen LogP) is 2.73.